The highest BCUT2D eigenvalue weighted by Crippen LogP contribution is 2.44. The Morgan fingerprint density at radius 2 is 0.853 bits per heavy atom. The van der Waals surface area contributed by atoms with Gasteiger partial charge in [-0.1, -0.05) is 17.6 Å². The van der Waals surface area contributed by atoms with E-state index < -0.39 is 0 Å². The lowest BCUT2D eigenvalue weighted by molar-refractivity contribution is 1.10. The fraction of sp³-hybridized carbons (Fsp3) is 0.300. The van der Waals surface area contributed by atoms with Gasteiger partial charge in [0.25, 0.3) is 0 Å². The number of nitrogens with zero attached hydrogens (tertiary/aromatic N) is 3. The summed E-state index contributed by atoms with van der Waals surface area (Å²) in [4.78, 5) is 14.6. The molecule has 4 aromatic rings. The topological polar surface area (TPSA) is 38.7 Å². The van der Waals surface area contributed by atoms with Crippen molar-refractivity contribution in [2.45, 2.75) is 62.3 Å². The highest BCUT2D eigenvalue weighted by molar-refractivity contribution is 6.37. The Hall–Kier alpha value is -3.27. The van der Waals surface area contributed by atoms with E-state index in [4.69, 9.17) is 15.0 Å². The molecule has 0 saturated carbocycles. The molecule has 3 nitrogen and oxygen atoms in total. The molecule has 34 heavy (non-hydrogen) atoms. The maximum Gasteiger partial charge on any atom is 0.140 e. The van der Waals surface area contributed by atoms with Crippen molar-refractivity contribution in [3.8, 4) is 33.4 Å². The molecule has 4 heteroatoms. The summed E-state index contributed by atoms with van der Waals surface area (Å²) in [5.41, 5.74) is 18.6. The molecule has 3 aromatic heterocycles. The van der Waals surface area contributed by atoms with Crippen molar-refractivity contribution in [1.29, 1.82) is 0 Å². The minimum atomic E-state index is 1.04. The molecule has 0 amide bonds. The zero-order valence-electron chi connectivity index (χ0n) is 22.2. The quantitative estimate of drug-likeness (QED) is 0.367. The van der Waals surface area contributed by atoms with Crippen LogP contribution in [0.1, 0.15) is 50.9 Å². The lowest BCUT2D eigenvalue weighted by atomic mass is 9.76. The van der Waals surface area contributed by atoms with E-state index in [1.54, 1.807) is 0 Å². The van der Waals surface area contributed by atoms with Gasteiger partial charge in [-0.15, -0.1) is 0 Å². The molecule has 0 N–H and O–H groups in total. The summed E-state index contributed by atoms with van der Waals surface area (Å²) in [5, 5.41) is 0. The van der Waals surface area contributed by atoms with Gasteiger partial charge in [0.05, 0.1) is 0 Å². The lowest BCUT2D eigenvalue weighted by Crippen LogP contribution is -2.13. The average Bonchev–Trinajstić information content (AvgIpc) is 2.69. The van der Waals surface area contributed by atoms with Gasteiger partial charge in [-0.2, -0.15) is 0 Å². The standard InChI is InChI=1S/C30H34BN3/c1-15-12-18(4)32-21(7)26(15)24-10-11-25(31)30(28-17(3)14-20(6)34-23(28)9)29(24)27-16(2)13-19(5)33-22(27)8/h10-14H,31H2,1-9H3. The van der Waals surface area contributed by atoms with Gasteiger partial charge in [0.1, 0.15) is 7.85 Å². The first-order valence-corrected chi connectivity index (χ1v) is 12.0. The summed E-state index contributed by atoms with van der Waals surface area (Å²) in [6, 6.07) is 11.1. The first kappa shape index (κ1) is 23.9. The van der Waals surface area contributed by atoms with Crippen molar-refractivity contribution in [2.24, 2.45) is 0 Å². The predicted octanol–water partition coefficient (Wildman–Crippen LogP) is 5.91. The summed E-state index contributed by atoms with van der Waals surface area (Å²) in [7, 11) is 2.21. The Morgan fingerprint density at radius 3 is 1.26 bits per heavy atom. The van der Waals surface area contributed by atoms with Crippen LogP contribution in [0.2, 0.25) is 0 Å². The highest BCUT2D eigenvalue weighted by atomic mass is 14.7. The largest absolute Gasteiger partial charge is 0.258 e. The van der Waals surface area contributed by atoms with Gasteiger partial charge in [0, 0.05) is 50.9 Å². The number of aromatic nitrogens is 3. The molecule has 0 unspecified atom stereocenters. The summed E-state index contributed by atoms with van der Waals surface area (Å²) >= 11 is 0. The number of aryl methyl sites for hydroxylation is 9. The van der Waals surface area contributed by atoms with Crippen LogP contribution in [0.3, 0.4) is 0 Å². The van der Waals surface area contributed by atoms with E-state index in [0.29, 0.717) is 0 Å². The Labute approximate surface area is 205 Å². The molecule has 0 spiro atoms. The van der Waals surface area contributed by atoms with E-state index in [9.17, 15) is 0 Å². The Kier molecular flexibility index (Phi) is 6.20. The summed E-state index contributed by atoms with van der Waals surface area (Å²) in [6.45, 7) is 19.2. The molecule has 0 aliphatic carbocycles. The summed E-state index contributed by atoms with van der Waals surface area (Å²) in [5.74, 6) is 0. The molecule has 4 rings (SSSR count). The van der Waals surface area contributed by atoms with Gasteiger partial charge in [-0.25, -0.2) is 0 Å². The molecule has 172 valence electrons. The smallest absolute Gasteiger partial charge is 0.140 e. The fourth-order valence-corrected chi connectivity index (χ4v) is 5.73. The van der Waals surface area contributed by atoms with Crippen molar-refractivity contribution >= 4 is 13.3 Å². The van der Waals surface area contributed by atoms with Crippen molar-refractivity contribution in [1.82, 2.24) is 15.0 Å². The number of rotatable bonds is 3. The maximum atomic E-state index is 4.90. The van der Waals surface area contributed by atoms with Gasteiger partial charge >= 0.3 is 0 Å². The fourth-order valence-electron chi connectivity index (χ4n) is 5.73. The zero-order valence-corrected chi connectivity index (χ0v) is 22.2. The van der Waals surface area contributed by atoms with Crippen molar-refractivity contribution < 1.29 is 0 Å². The average molecular weight is 447 g/mol. The van der Waals surface area contributed by atoms with Crippen LogP contribution >= 0.6 is 0 Å². The minimum absolute atomic E-state index is 1.04. The number of pyridine rings is 3. The van der Waals surface area contributed by atoms with E-state index in [-0.39, 0.29) is 0 Å². The van der Waals surface area contributed by atoms with Gasteiger partial charge in [-0.3, -0.25) is 15.0 Å². The van der Waals surface area contributed by atoms with Crippen molar-refractivity contribution in [2.75, 3.05) is 0 Å². The third-order valence-corrected chi connectivity index (χ3v) is 6.76. The summed E-state index contributed by atoms with van der Waals surface area (Å²) in [6.07, 6.45) is 0. The number of hydrogen-bond donors (Lipinski definition) is 0. The molecular weight excluding hydrogens is 413 g/mol. The van der Waals surface area contributed by atoms with Crippen LogP contribution in [0.4, 0.5) is 0 Å². The molecule has 0 saturated heterocycles. The first-order chi connectivity index (χ1) is 16.0. The number of benzene rings is 1. The van der Waals surface area contributed by atoms with Gasteiger partial charge in [-0.05, 0) is 114 Å². The van der Waals surface area contributed by atoms with Crippen LogP contribution in [-0.4, -0.2) is 22.8 Å². The SMILES string of the molecule is Bc1ccc(-c2c(C)cc(C)nc2C)c(-c2c(C)cc(C)nc2C)c1-c1c(C)cc(C)nc1C. The van der Waals surface area contributed by atoms with E-state index >= 15 is 0 Å². The van der Waals surface area contributed by atoms with Gasteiger partial charge in [0.15, 0.2) is 0 Å². The lowest BCUT2D eigenvalue weighted by Gasteiger charge is -2.25. The monoisotopic (exact) mass is 447 g/mol. The minimum Gasteiger partial charge on any atom is -0.258 e. The molecule has 0 radical (unpaired) electrons. The Morgan fingerprint density at radius 1 is 0.471 bits per heavy atom. The Bertz CT molecular complexity index is 1380. The molecule has 0 fully saturated rings. The normalized spacial score (nSPS) is 11.2. The molecule has 0 aliphatic heterocycles. The molecular formula is C30H34BN3. The van der Waals surface area contributed by atoms with Crippen LogP contribution in [-0.2, 0) is 0 Å². The van der Waals surface area contributed by atoms with E-state index in [0.717, 1.165) is 34.2 Å². The van der Waals surface area contributed by atoms with E-state index in [2.05, 4.69) is 100 Å². The second kappa shape index (κ2) is 8.83. The second-order valence-corrected chi connectivity index (χ2v) is 9.80. The van der Waals surface area contributed by atoms with E-state index in [1.807, 2.05) is 0 Å². The van der Waals surface area contributed by atoms with Crippen LogP contribution in [0.5, 0.6) is 0 Å². The van der Waals surface area contributed by atoms with Crippen molar-refractivity contribution in [3.63, 3.8) is 0 Å². The molecule has 0 bridgehead atoms. The maximum absolute atomic E-state index is 4.90. The highest BCUT2D eigenvalue weighted by Gasteiger charge is 2.24. The van der Waals surface area contributed by atoms with Crippen LogP contribution in [0.15, 0.2) is 30.3 Å². The van der Waals surface area contributed by atoms with Crippen LogP contribution in [0.25, 0.3) is 33.4 Å². The third-order valence-electron chi connectivity index (χ3n) is 6.76. The molecule has 0 atom stereocenters. The Balaban J connectivity index is 2.25. The second-order valence-electron chi connectivity index (χ2n) is 9.80. The number of hydrogen-bond acceptors (Lipinski definition) is 3. The van der Waals surface area contributed by atoms with Crippen LogP contribution in [0, 0.1) is 62.3 Å². The van der Waals surface area contributed by atoms with Gasteiger partial charge < -0.3 is 0 Å². The molecule has 3 heterocycles. The third kappa shape index (κ3) is 4.07. The predicted molar refractivity (Wildman–Crippen MR) is 147 cm³/mol. The van der Waals surface area contributed by atoms with E-state index in [1.165, 1.54) is 55.5 Å². The first-order valence-electron chi connectivity index (χ1n) is 12.0. The molecule has 0 aliphatic rings. The zero-order chi connectivity index (χ0) is 24.9. The molecule has 1 aromatic carbocycles. The van der Waals surface area contributed by atoms with Gasteiger partial charge in [0.2, 0.25) is 0 Å². The summed E-state index contributed by atoms with van der Waals surface area (Å²) < 4.78 is 0. The van der Waals surface area contributed by atoms with Crippen LogP contribution < -0.4 is 5.46 Å². The van der Waals surface area contributed by atoms with Crippen molar-refractivity contribution in [3.05, 3.63) is 81.2 Å².